The van der Waals surface area contributed by atoms with Crippen LogP contribution in [0.1, 0.15) is 35.7 Å². The summed E-state index contributed by atoms with van der Waals surface area (Å²) in [4.78, 5) is 34.0. The van der Waals surface area contributed by atoms with Crippen LogP contribution in [0.3, 0.4) is 0 Å². The number of non-ortho nitro benzene ring substituents is 1. The monoisotopic (exact) mass is 313 g/mol. The molecule has 0 bridgehead atoms. The van der Waals surface area contributed by atoms with Gasteiger partial charge in [0.05, 0.1) is 10.5 Å². The van der Waals surface area contributed by atoms with Crippen LogP contribution in [0, 0.1) is 10.1 Å². The van der Waals surface area contributed by atoms with E-state index in [1.807, 2.05) is 13.8 Å². The van der Waals surface area contributed by atoms with Crippen molar-refractivity contribution < 1.29 is 14.5 Å². The van der Waals surface area contributed by atoms with Gasteiger partial charge in [0.2, 0.25) is 5.43 Å². The molecule has 2 rings (SSSR count). The van der Waals surface area contributed by atoms with Gasteiger partial charge in [0.15, 0.2) is 5.75 Å². The molecular formula is C17H15NO5. The molecule has 0 spiro atoms. The second kappa shape index (κ2) is 6.83. The molecule has 0 atom stereocenters. The topological polar surface area (TPSA) is 86.5 Å². The molecule has 0 N–H and O–H groups in total. The molecule has 2 aromatic carbocycles. The van der Waals surface area contributed by atoms with Gasteiger partial charge >= 0.3 is 5.97 Å². The molecule has 0 saturated heterocycles. The Labute approximate surface area is 132 Å². The van der Waals surface area contributed by atoms with E-state index < -0.39 is 16.3 Å². The van der Waals surface area contributed by atoms with E-state index in [4.69, 9.17) is 4.74 Å². The summed E-state index contributed by atoms with van der Waals surface area (Å²) in [5, 5.41) is 10.6. The molecule has 0 heterocycles. The molecule has 6 nitrogen and oxygen atoms in total. The first-order valence-corrected chi connectivity index (χ1v) is 6.99. The summed E-state index contributed by atoms with van der Waals surface area (Å²) in [5.41, 5.74) is 0.538. The molecular weight excluding hydrogens is 298 g/mol. The lowest BCUT2D eigenvalue weighted by Crippen LogP contribution is -2.13. The van der Waals surface area contributed by atoms with Gasteiger partial charge in [-0.2, -0.15) is 0 Å². The maximum absolute atomic E-state index is 12.0. The summed E-state index contributed by atoms with van der Waals surface area (Å²) in [5.74, 6) is -0.588. The van der Waals surface area contributed by atoms with Crippen molar-refractivity contribution in [3.05, 3.63) is 80.0 Å². The highest BCUT2D eigenvalue weighted by Gasteiger charge is 2.13. The van der Waals surface area contributed by atoms with Crippen molar-refractivity contribution in [2.75, 3.05) is 0 Å². The molecule has 2 aromatic rings. The number of ether oxygens (including phenoxy) is 1. The van der Waals surface area contributed by atoms with Gasteiger partial charge in [-0.05, 0) is 35.7 Å². The molecule has 0 aliphatic rings. The van der Waals surface area contributed by atoms with Crippen LogP contribution in [0.5, 0.6) is 5.75 Å². The van der Waals surface area contributed by atoms with Crippen molar-refractivity contribution in [3.8, 4) is 5.75 Å². The third-order valence-corrected chi connectivity index (χ3v) is 3.28. The van der Waals surface area contributed by atoms with Gasteiger partial charge in [0.1, 0.15) is 0 Å². The molecule has 23 heavy (non-hydrogen) atoms. The van der Waals surface area contributed by atoms with Crippen LogP contribution >= 0.6 is 0 Å². The molecule has 0 unspecified atom stereocenters. The number of hydrogen-bond acceptors (Lipinski definition) is 5. The van der Waals surface area contributed by atoms with Gasteiger partial charge in [-0.3, -0.25) is 14.9 Å². The number of nitro benzene ring substituents is 1. The maximum atomic E-state index is 12.0. The molecule has 0 aromatic heterocycles. The van der Waals surface area contributed by atoms with Gasteiger partial charge in [-0.15, -0.1) is 0 Å². The Balaban J connectivity index is 2.25. The fraction of sp³-hybridized carbons (Fsp3) is 0.176. The fourth-order valence-electron chi connectivity index (χ4n) is 1.91. The smallest absolute Gasteiger partial charge is 0.343 e. The van der Waals surface area contributed by atoms with Crippen molar-refractivity contribution in [1.82, 2.24) is 0 Å². The first-order chi connectivity index (χ1) is 10.9. The predicted molar refractivity (Wildman–Crippen MR) is 84.9 cm³/mol. The first-order valence-electron chi connectivity index (χ1n) is 6.99. The van der Waals surface area contributed by atoms with Gasteiger partial charge in [0.25, 0.3) is 5.69 Å². The Bertz CT molecular complexity index is 797. The Hall–Kier alpha value is -3.02. The van der Waals surface area contributed by atoms with Crippen LogP contribution < -0.4 is 10.2 Å². The van der Waals surface area contributed by atoms with Crippen molar-refractivity contribution in [3.63, 3.8) is 0 Å². The summed E-state index contributed by atoms with van der Waals surface area (Å²) in [7, 11) is 0. The van der Waals surface area contributed by atoms with E-state index in [2.05, 4.69) is 0 Å². The van der Waals surface area contributed by atoms with Gasteiger partial charge < -0.3 is 4.74 Å². The molecule has 0 saturated carbocycles. The molecule has 0 amide bonds. The third kappa shape index (κ3) is 4.00. The lowest BCUT2D eigenvalue weighted by Gasteiger charge is -2.02. The number of rotatable bonds is 4. The van der Waals surface area contributed by atoms with E-state index in [-0.39, 0.29) is 22.9 Å². The largest absolute Gasteiger partial charge is 0.419 e. The summed E-state index contributed by atoms with van der Waals surface area (Å²) in [6.45, 7) is 3.98. The summed E-state index contributed by atoms with van der Waals surface area (Å²) in [6.07, 6.45) is 0. The molecule has 0 fully saturated rings. The highest BCUT2D eigenvalue weighted by atomic mass is 16.6. The predicted octanol–water partition coefficient (Wildman–Crippen LogP) is 3.30. The van der Waals surface area contributed by atoms with Crippen molar-refractivity contribution >= 4 is 11.7 Å². The molecule has 6 heteroatoms. The lowest BCUT2D eigenvalue weighted by atomic mass is 10.1. The molecule has 118 valence electrons. The van der Waals surface area contributed by atoms with E-state index in [0.717, 1.165) is 5.56 Å². The van der Waals surface area contributed by atoms with E-state index in [0.29, 0.717) is 0 Å². The molecule has 0 radical (unpaired) electrons. The Kier molecular flexibility index (Phi) is 4.85. The van der Waals surface area contributed by atoms with Crippen LogP contribution in [0.15, 0.2) is 53.3 Å². The molecule has 0 aliphatic carbocycles. The minimum Gasteiger partial charge on any atom is -0.419 e. The number of esters is 1. The number of nitro groups is 1. The van der Waals surface area contributed by atoms with Crippen molar-refractivity contribution in [2.45, 2.75) is 19.8 Å². The van der Waals surface area contributed by atoms with Gasteiger partial charge in [-0.1, -0.05) is 26.0 Å². The van der Waals surface area contributed by atoms with Gasteiger partial charge in [0, 0.05) is 12.1 Å². The third-order valence-electron chi connectivity index (χ3n) is 3.28. The van der Waals surface area contributed by atoms with E-state index in [1.54, 1.807) is 12.1 Å². The summed E-state index contributed by atoms with van der Waals surface area (Å²) < 4.78 is 5.11. The SMILES string of the molecule is CC(C)c1ccc(OC(=O)c2ccc([N+](=O)[O-])cc2)c(=O)cc1. The zero-order valence-electron chi connectivity index (χ0n) is 12.7. The Morgan fingerprint density at radius 3 is 2.22 bits per heavy atom. The number of benzene rings is 1. The van der Waals surface area contributed by atoms with Crippen molar-refractivity contribution in [2.24, 2.45) is 0 Å². The lowest BCUT2D eigenvalue weighted by molar-refractivity contribution is -0.384. The minimum atomic E-state index is -0.741. The number of nitrogens with zero attached hydrogens (tertiary/aromatic N) is 1. The number of carbonyl (C=O) groups is 1. The first kappa shape index (κ1) is 16.4. The zero-order chi connectivity index (χ0) is 17.0. The number of carbonyl (C=O) groups excluding carboxylic acids is 1. The zero-order valence-corrected chi connectivity index (χ0v) is 12.7. The Morgan fingerprint density at radius 1 is 1.04 bits per heavy atom. The van der Waals surface area contributed by atoms with Crippen LogP contribution in [0.25, 0.3) is 0 Å². The second-order valence-electron chi connectivity index (χ2n) is 5.24. The van der Waals surface area contributed by atoms with E-state index in [1.165, 1.54) is 36.4 Å². The maximum Gasteiger partial charge on any atom is 0.343 e. The normalized spacial score (nSPS) is 10.4. The van der Waals surface area contributed by atoms with Crippen LogP contribution in [-0.4, -0.2) is 10.9 Å². The van der Waals surface area contributed by atoms with E-state index in [9.17, 15) is 19.7 Å². The summed E-state index contributed by atoms with van der Waals surface area (Å²) in [6, 6.07) is 11.2. The van der Waals surface area contributed by atoms with E-state index >= 15 is 0 Å². The van der Waals surface area contributed by atoms with Crippen LogP contribution in [0.4, 0.5) is 5.69 Å². The summed E-state index contributed by atoms with van der Waals surface area (Å²) >= 11 is 0. The molecule has 0 aliphatic heterocycles. The average Bonchev–Trinajstić information content (AvgIpc) is 2.70. The highest BCUT2D eigenvalue weighted by molar-refractivity contribution is 5.91. The highest BCUT2D eigenvalue weighted by Crippen LogP contribution is 2.16. The average molecular weight is 313 g/mol. The van der Waals surface area contributed by atoms with Gasteiger partial charge in [-0.25, -0.2) is 4.79 Å². The van der Waals surface area contributed by atoms with Crippen LogP contribution in [0.2, 0.25) is 0 Å². The quantitative estimate of drug-likeness (QED) is 0.491. The second-order valence-corrected chi connectivity index (χ2v) is 5.24. The van der Waals surface area contributed by atoms with Crippen LogP contribution in [-0.2, 0) is 0 Å². The van der Waals surface area contributed by atoms with Crippen molar-refractivity contribution in [1.29, 1.82) is 0 Å². The number of hydrogen-bond donors (Lipinski definition) is 0. The standard InChI is InChI=1S/C17H15NO5/c1-11(2)12-5-9-15(19)16(10-6-12)23-17(20)13-3-7-14(8-4-13)18(21)22/h3-11H,1-2H3. The minimum absolute atomic E-state index is 0.0831. The fourth-order valence-corrected chi connectivity index (χ4v) is 1.91. The Morgan fingerprint density at radius 2 is 1.65 bits per heavy atom.